The van der Waals surface area contributed by atoms with Gasteiger partial charge in [0, 0.05) is 1.37 Å². The second-order valence-electron chi connectivity index (χ2n) is 4.18. The molecule has 0 radical (unpaired) electrons. The molecule has 0 aliphatic rings. The second-order valence-corrected chi connectivity index (χ2v) is 5.74. The highest BCUT2D eigenvalue weighted by Crippen LogP contribution is 2.27. The number of rotatable bonds is 7. The van der Waals surface area contributed by atoms with E-state index in [4.69, 9.17) is 1.37 Å². The van der Waals surface area contributed by atoms with Crippen LogP contribution in [-0.4, -0.2) is 32.6 Å². The molecule has 0 aromatic heterocycles. The van der Waals surface area contributed by atoms with Crippen LogP contribution in [0.5, 0.6) is 0 Å². The Kier molecular flexibility index (Phi) is 5.78. The monoisotopic (exact) mass is 341 g/mol. The van der Waals surface area contributed by atoms with Gasteiger partial charge >= 0.3 is 21.6 Å². The number of esters is 1. The third-order valence-electron chi connectivity index (χ3n) is 2.57. The molecule has 0 fully saturated rings. The van der Waals surface area contributed by atoms with Crippen LogP contribution < -0.4 is 0 Å². The molecule has 0 aliphatic heterocycles. The predicted octanol–water partition coefficient (Wildman–Crippen LogP) is 2.42. The Bertz CT molecular complexity index is 604. The molecule has 0 heterocycles. The third-order valence-corrected chi connectivity index (χ3v) is 3.62. The maximum absolute atomic E-state index is 12.4. The van der Waals surface area contributed by atoms with E-state index in [9.17, 15) is 26.4 Å². The molecule has 0 bridgehead atoms. The number of benzene rings is 1. The van der Waals surface area contributed by atoms with Gasteiger partial charge in [-0.3, -0.25) is 0 Å². The van der Waals surface area contributed by atoms with Gasteiger partial charge in [-0.05, 0) is 25.3 Å². The lowest BCUT2D eigenvalue weighted by molar-refractivity contribution is -0.152. The zero-order chi connectivity index (χ0) is 17.5. The molecule has 0 spiro atoms. The van der Waals surface area contributed by atoms with Crippen molar-refractivity contribution in [2.75, 3.05) is 6.61 Å². The van der Waals surface area contributed by atoms with E-state index in [0.29, 0.717) is 5.56 Å². The van der Waals surface area contributed by atoms with E-state index in [-0.39, 0.29) is 26.3 Å². The third kappa shape index (κ3) is 5.30. The summed E-state index contributed by atoms with van der Waals surface area (Å²) in [6.45, 7) is -0.667. The average molecular weight is 341 g/mol. The molecule has 0 N–H and O–H groups in total. The Hall–Kier alpha value is -1.61. The number of hydrogen-bond acceptors (Lipinski definition) is 5. The van der Waals surface area contributed by atoms with Gasteiger partial charge in [0.15, 0.2) is 6.10 Å². The van der Waals surface area contributed by atoms with Gasteiger partial charge in [0.1, 0.15) is 0 Å². The topological polar surface area (TPSA) is 69.7 Å². The molecule has 1 aromatic rings. The molecule has 1 aromatic carbocycles. The van der Waals surface area contributed by atoms with Crippen LogP contribution in [0.3, 0.4) is 0 Å². The average Bonchev–Trinajstić information content (AvgIpc) is 2.48. The first kappa shape index (κ1) is 16.8. The highest BCUT2D eigenvalue weighted by molar-refractivity contribution is 7.87. The van der Waals surface area contributed by atoms with Gasteiger partial charge < -0.3 is 4.74 Å². The Balaban J connectivity index is 2.83. The minimum absolute atomic E-state index is 0.120. The van der Waals surface area contributed by atoms with E-state index in [1.807, 2.05) is 0 Å². The van der Waals surface area contributed by atoms with Crippen LogP contribution >= 0.6 is 0 Å². The maximum Gasteiger partial charge on any atom is 0.523 e. The number of carbonyl (C=O) groups is 1. The van der Waals surface area contributed by atoms with E-state index >= 15 is 0 Å². The van der Waals surface area contributed by atoms with Crippen LogP contribution in [0.15, 0.2) is 30.3 Å². The normalized spacial score (nSPS) is 14.2. The molecule has 0 amide bonds. The summed E-state index contributed by atoms with van der Waals surface area (Å²) in [6, 6.07) is 8.45. The van der Waals surface area contributed by atoms with E-state index in [2.05, 4.69) is 8.92 Å². The summed E-state index contributed by atoms with van der Waals surface area (Å²) in [5.74, 6) is -1.25. The molecular formula is C13H15F3O5S. The fourth-order valence-electron chi connectivity index (χ4n) is 1.55. The van der Waals surface area contributed by atoms with Crippen LogP contribution in [0.2, 0.25) is 0 Å². The lowest BCUT2D eigenvalue weighted by Crippen LogP contribution is -2.35. The van der Waals surface area contributed by atoms with Crippen LogP contribution in [0.25, 0.3) is 0 Å². The zero-order valence-electron chi connectivity index (χ0n) is 12.4. The first-order chi connectivity index (χ1) is 10.7. The second kappa shape index (κ2) is 7.59. The van der Waals surface area contributed by atoms with Gasteiger partial charge in [-0.15, -0.1) is 0 Å². The Labute approximate surface area is 127 Å². The van der Waals surface area contributed by atoms with Crippen molar-refractivity contribution in [2.24, 2.45) is 0 Å². The summed E-state index contributed by atoms with van der Waals surface area (Å²) < 4.78 is 74.6. The molecule has 124 valence electrons. The molecule has 1 unspecified atom stereocenters. The molecule has 0 aliphatic carbocycles. The van der Waals surface area contributed by atoms with Gasteiger partial charge in [-0.1, -0.05) is 30.3 Å². The van der Waals surface area contributed by atoms with Gasteiger partial charge in [0.05, 0.1) is 6.61 Å². The first-order valence-corrected chi connectivity index (χ1v) is 7.57. The first-order valence-electron chi connectivity index (χ1n) is 6.87. The number of alkyl halides is 3. The number of carbonyl (C=O) groups excluding carboxylic acids is 1. The summed E-state index contributed by atoms with van der Waals surface area (Å²) in [4.78, 5) is 11.7. The Morgan fingerprint density at radius 1 is 1.32 bits per heavy atom. The summed E-state index contributed by atoms with van der Waals surface area (Å²) in [5.41, 5.74) is -4.94. The molecule has 9 heteroatoms. The van der Waals surface area contributed by atoms with Crippen LogP contribution in [0.4, 0.5) is 13.2 Å². The fourth-order valence-corrected chi connectivity index (χ4v) is 2.14. The SMILES string of the molecule is [2H]CCOC(=O)C(CCc1ccccc1)OS(=O)(=O)C(F)(F)F. The highest BCUT2D eigenvalue weighted by atomic mass is 32.2. The van der Waals surface area contributed by atoms with Crippen molar-refractivity contribution >= 4 is 16.1 Å². The summed E-state index contributed by atoms with van der Waals surface area (Å²) in [5, 5.41) is 0. The molecule has 0 saturated heterocycles. The quantitative estimate of drug-likeness (QED) is 0.433. The van der Waals surface area contributed by atoms with Gasteiger partial charge in [-0.25, -0.2) is 8.98 Å². The standard InChI is InChI=1S/C13H15F3O5S/c1-2-20-12(17)11(21-22(18,19)13(14,15)16)9-8-10-6-4-3-5-7-10/h3-7,11H,2,8-9H2,1H3/i1D. The molecule has 0 saturated carbocycles. The number of hydrogen-bond donors (Lipinski definition) is 0. The summed E-state index contributed by atoms with van der Waals surface area (Å²) >= 11 is 0. The fraction of sp³-hybridized carbons (Fsp3) is 0.462. The number of ether oxygens (including phenoxy) is 1. The van der Waals surface area contributed by atoms with Gasteiger partial charge in [0.2, 0.25) is 0 Å². The number of halogens is 3. The molecule has 5 nitrogen and oxygen atoms in total. The molecule has 1 rings (SSSR count). The van der Waals surface area contributed by atoms with E-state index in [1.165, 1.54) is 0 Å². The Morgan fingerprint density at radius 3 is 2.50 bits per heavy atom. The minimum Gasteiger partial charge on any atom is -0.464 e. The van der Waals surface area contributed by atoms with Gasteiger partial charge in [0.25, 0.3) is 0 Å². The van der Waals surface area contributed by atoms with Crippen molar-refractivity contribution < 1.29 is 36.7 Å². The van der Waals surface area contributed by atoms with Crippen LogP contribution in [-0.2, 0) is 30.3 Å². The van der Waals surface area contributed by atoms with Crippen molar-refractivity contribution in [2.45, 2.75) is 31.4 Å². The van der Waals surface area contributed by atoms with Crippen molar-refractivity contribution in [1.82, 2.24) is 0 Å². The lowest BCUT2D eigenvalue weighted by Gasteiger charge is -2.17. The maximum atomic E-state index is 12.4. The lowest BCUT2D eigenvalue weighted by atomic mass is 10.1. The molecule has 1 atom stereocenters. The van der Waals surface area contributed by atoms with E-state index in [1.54, 1.807) is 30.3 Å². The van der Waals surface area contributed by atoms with Crippen molar-refractivity contribution in [3.8, 4) is 0 Å². The Morgan fingerprint density at radius 2 is 1.95 bits per heavy atom. The predicted molar refractivity (Wildman–Crippen MR) is 71.2 cm³/mol. The minimum atomic E-state index is -5.92. The summed E-state index contributed by atoms with van der Waals surface area (Å²) in [6.07, 6.45) is -2.11. The summed E-state index contributed by atoms with van der Waals surface area (Å²) in [7, 11) is -5.92. The van der Waals surface area contributed by atoms with Crippen LogP contribution in [0.1, 0.15) is 20.3 Å². The largest absolute Gasteiger partial charge is 0.523 e. The molecule has 22 heavy (non-hydrogen) atoms. The van der Waals surface area contributed by atoms with E-state index in [0.717, 1.165) is 0 Å². The zero-order valence-corrected chi connectivity index (χ0v) is 12.2. The molecular weight excluding hydrogens is 325 g/mol. The number of aryl methyl sites for hydroxylation is 1. The highest BCUT2D eigenvalue weighted by Gasteiger charge is 2.49. The van der Waals surface area contributed by atoms with Crippen molar-refractivity contribution in [1.29, 1.82) is 0 Å². The van der Waals surface area contributed by atoms with Crippen molar-refractivity contribution in [3.63, 3.8) is 0 Å². The van der Waals surface area contributed by atoms with Gasteiger partial charge in [-0.2, -0.15) is 21.6 Å². The van der Waals surface area contributed by atoms with Crippen molar-refractivity contribution in [3.05, 3.63) is 35.9 Å². The smallest absolute Gasteiger partial charge is 0.464 e. The van der Waals surface area contributed by atoms with E-state index < -0.39 is 27.7 Å². The van der Waals surface area contributed by atoms with Crippen LogP contribution in [0, 0.1) is 0 Å².